The molecule has 5 N–H and O–H groups in total. The minimum Gasteiger partial charge on any atom is -0.494 e. The second-order valence-corrected chi connectivity index (χ2v) is 8.71. The van der Waals surface area contributed by atoms with Gasteiger partial charge in [-0.1, -0.05) is 18.2 Å². The van der Waals surface area contributed by atoms with E-state index in [0.717, 1.165) is 17.7 Å². The molecule has 1 atom stereocenters. The van der Waals surface area contributed by atoms with Gasteiger partial charge in [0, 0.05) is 19.0 Å². The lowest BCUT2D eigenvalue weighted by Crippen LogP contribution is -2.60. The van der Waals surface area contributed by atoms with Gasteiger partial charge < -0.3 is 10.1 Å². The van der Waals surface area contributed by atoms with Crippen LogP contribution in [0.1, 0.15) is 36.1 Å². The summed E-state index contributed by atoms with van der Waals surface area (Å²) in [6.45, 7) is 1.53. The first-order valence-corrected chi connectivity index (χ1v) is 11.3. The molecule has 1 fully saturated rings. The molecular formula is C23H24F6N6O2. The van der Waals surface area contributed by atoms with Crippen molar-refractivity contribution in [2.75, 3.05) is 6.61 Å². The Morgan fingerprint density at radius 1 is 1.03 bits per heavy atom. The van der Waals surface area contributed by atoms with E-state index in [1.165, 1.54) is 18.3 Å². The van der Waals surface area contributed by atoms with Gasteiger partial charge in [0.25, 0.3) is 5.91 Å². The molecule has 2 aromatic rings. The lowest BCUT2D eigenvalue weighted by atomic mass is 9.77. The molecule has 2 aliphatic heterocycles. The zero-order chi connectivity index (χ0) is 26.8. The maximum absolute atomic E-state index is 14.7. The Morgan fingerprint density at radius 2 is 1.70 bits per heavy atom. The van der Waals surface area contributed by atoms with Crippen molar-refractivity contribution in [3.63, 3.8) is 0 Å². The summed E-state index contributed by atoms with van der Waals surface area (Å²) in [5.41, 5.74) is 8.61. The van der Waals surface area contributed by atoms with E-state index in [-0.39, 0.29) is 41.2 Å². The average Bonchev–Trinajstić information content (AvgIpc) is 3.35. The topological polar surface area (TPSA) is 99.3 Å². The monoisotopic (exact) mass is 530 g/mol. The number of benzene rings is 1. The standard InChI is InChI=1S/C23H24F6N6O2/c1-13-3-8-17(30-12-13)16-11-21(23(27,28)29,31-20(36)18(16)19-32-34-35-33-19)14-4-6-15(7-5-14)37-10-2-9-22(24,25)26/h3-8,12,19,32-35H,2,9-11H2,1H3,(H,31,36)/t21-/m0/s1. The molecule has 0 aliphatic carbocycles. The van der Waals surface area contributed by atoms with E-state index in [1.54, 1.807) is 19.1 Å². The van der Waals surface area contributed by atoms with Gasteiger partial charge in [-0.2, -0.15) is 37.4 Å². The summed E-state index contributed by atoms with van der Waals surface area (Å²) in [7, 11) is 0. The summed E-state index contributed by atoms with van der Waals surface area (Å²) >= 11 is 0. The summed E-state index contributed by atoms with van der Waals surface area (Å²) in [5.74, 6) is -0.845. The Bertz CT molecular complexity index is 1140. The number of aromatic nitrogens is 1. The minimum absolute atomic E-state index is 0.0262. The lowest BCUT2D eigenvalue weighted by molar-refractivity contribution is -0.202. The number of nitrogens with one attached hydrogen (secondary N) is 5. The fourth-order valence-corrected chi connectivity index (χ4v) is 4.19. The van der Waals surface area contributed by atoms with Crippen LogP contribution >= 0.6 is 0 Å². The number of aryl methyl sites for hydroxylation is 1. The number of rotatable bonds is 7. The molecule has 0 radical (unpaired) electrons. The average molecular weight is 530 g/mol. The Morgan fingerprint density at radius 3 is 2.27 bits per heavy atom. The number of amides is 1. The third kappa shape index (κ3) is 5.87. The van der Waals surface area contributed by atoms with Crippen molar-refractivity contribution in [2.24, 2.45) is 0 Å². The first-order valence-electron chi connectivity index (χ1n) is 11.3. The molecule has 3 heterocycles. The summed E-state index contributed by atoms with van der Waals surface area (Å²) in [4.78, 5) is 17.5. The fourth-order valence-electron chi connectivity index (χ4n) is 4.19. The fraction of sp³-hybridized carbons (Fsp3) is 0.391. The van der Waals surface area contributed by atoms with Crippen molar-refractivity contribution < 1.29 is 35.9 Å². The van der Waals surface area contributed by atoms with Crippen LogP contribution in [-0.4, -0.2) is 36.0 Å². The number of hydrazine groups is 3. The summed E-state index contributed by atoms with van der Waals surface area (Å²) in [5, 5.41) is 2.16. The number of hydrogen-bond donors (Lipinski definition) is 5. The molecule has 1 aromatic carbocycles. The van der Waals surface area contributed by atoms with Crippen molar-refractivity contribution in [3.05, 3.63) is 65.0 Å². The number of pyridine rings is 1. The van der Waals surface area contributed by atoms with Gasteiger partial charge in [-0.3, -0.25) is 9.78 Å². The van der Waals surface area contributed by atoms with Crippen LogP contribution in [0, 0.1) is 6.92 Å². The number of carbonyl (C=O) groups is 1. The van der Waals surface area contributed by atoms with E-state index in [1.807, 2.05) is 0 Å². The molecule has 1 aromatic heterocycles. The van der Waals surface area contributed by atoms with Crippen LogP contribution in [0.2, 0.25) is 0 Å². The largest absolute Gasteiger partial charge is 0.494 e. The van der Waals surface area contributed by atoms with E-state index < -0.39 is 42.8 Å². The van der Waals surface area contributed by atoms with Gasteiger partial charge in [-0.15, -0.1) is 0 Å². The van der Waals surface area contributed by atoms with Gasteiger partial charge in [0.05, 0.1) is 17.9 Å². The zero-order valence-electron chi connectivity index (χ0n) is 19.5. The molecule has 2 aliphatic rings. The quantitative estimate of drug-likeness (QED) is 0.277. The molecular weight excluding hydrogens is 506 g/mol. The predicted octanol–water partition coefficient (Wildman–Crippen LogP) is 3.29. The third-order valence-corrected chi connectivity index (χ3v) is 6.05. The van der Waals surface area contributed by atoms with Crippen LogP contribution in [0.4, 0.5) is 26.3 Å². The van der Waals surface area contributed by atoms with Gasteiger partial charge in [0.2, 0.25) is 0 Å². The Labute approximate surface area is 207 Å². The van der Waals surface area contributed by atoms with Crippen molar-refractivity contribution >= 4 is 11.5 Å². The third-order valence-electron chi connectivity index (χ3n) is 6.05. The Hall–Kier alpha value is -3.20. The van der Waals surface area contributed by atoms with E-state index in [2.05, 4.69) is 32.2 Å². The van der Waals surface area contributed by atoms with Gasteiger partial charge in [0.1, 0.15) is 11.9 Å². The molecule has 4 rings (SSSR count). The van der Waals surface area contributed by atoms with Gasteiger partial charge in [-0.25, -0.2) is 10.9 Å². The molecule has 37 heavy (non-hydrogen) atoms. The maximum Gasteiger partial charge on any atom is 0.416 e. The molecule has 0 unspecified atom stereocenters. The van der Waals surface area contributed by atoms with Crippen LogP contribution in [0.3, 0.4) is 0 Å². The van der Waals surface area contributed by atoms with Crippen LogP contribution in [0.15, 0.2) is 48.2 Å². The van der Waals surface area contributed by atoms with Crippen LogP contribution < -0.4 is 32.0 Å². The number of hydrogen-bond acceptors (Lipinski definition) is 7. The predicted molar refractivity (Wildman–Crippen MR) is 120 cm³/mol. The number of alkyl halides is 6. The van der Waals surface area contributed by atoms with Gasteiger partial charge in [0.15, 0.2) is 5.54 Å². The molecule has 0 spiro atoms. The van der Waals surface area contributed by atoms with E-state index in [4.69, 9.17) is 4.74 Å². The second-order valence-electron chi connectivity index (χ2n) is 8.71. The molecule has 1 amide bonds. The van der Waals surface area contributed by atoms with Crippen LogP contribution in [0.5, 0.6) is 5.75 Å². The molecule has 0 saturated carbocycles. The Kier molecular flexibility index (Phi) is 7.46. The molecule has 1 saturated heterocycles. The van der Waals surface area contributed by atoms with Crippen LogP contribution in [-0.2, 0) is 10.3 Å². The molecule has 14 heteroatoms. The number of halogens is 6. The highest BCUT2D eigenvalue weighted by Crippen LogP contribution is 2.48. The highest BCUT2D eigenvalue weighted by atomic mass is 19.4. The van der Waals surface area contributed by atoms with E-state index in [9.17, 15) is 31.1 Å². The van der Waals surface area contributed by atoms with Crippen molar-refractivity contribution in [2.45, 2.75) is 50.2 Å². The van der Waals surface area contributed by atoms with E-state index >= 15 is 0 Å². The van der Waals surface area contributed by atoms with Crippen molar-refractivity contribution in [1.29, 1.82) is 0 Å². The maximum atomic E-state index is 14.7. The highest BCUT2D eigenvalue weighted by Gasteiger charge is 2.60. The molecule has 8 nitrogen and oxygen atoms in total. The summed E-state index contributed by atoms with van der Waals surface area (Å²) in [6.07, 6.45) is -10.6. The first kappa shape index (κ1) is 26.9. The van der Waals surface area contributed by atoms with Gasteiger partial charge in [-0.05, 0) is 48.2 Å². The van der Waals surface area contributed by atoms with Crippen molar-refractivity contribution in [1.82, 2.24) is 32.2 Å². The van der Waals surface area contributed by atoms with E-state index in [0.29, 0.717) is 0 Å². The number of ether oxygens (including phenoxy) is 1. The van der Waals surface area contributed by atoms with Gasteiger partial charge >= 0.3 is 12.4 Å². The number of nitrogens with zero attached hydrogens (tertiary/aromatic N) is 1. The summed E-state index contributed by atoms with van der Waals surface area (Å²) in [6, 6.07) is 8.00. The first-order chi connectivity index (χ1) is 17.4. The smallest absolute Gasteiger partial charge is 0.416 e. The molecule has 0 bridgehead atoms. The number of carbonyl (C=O) groups excluding carboxylic acids is 1. The molecule has 200 valence electrons. The zero-order valence-corrected chi connectivity index (χ0v) is 19.5. The summed E-state index contributed by atoms with van der Waals surface area (Å²) < 4.78 is 86.3. The minimum atomic E-state index is -4.91. The SMILES string of the molecule is Cc1ccc(C2=C(C3NNNN3)C(=O)N[C@@](c3ccc(OCCCC(F)(F)F)cc3)(C(F)(F)F)C2)nc1. The highest BCUT2D eigenvalue weighted by molar-refractivity contribution is 6.04. The second kappa shape index (κ2) is 10.3. The van der Waals surface area contributed by atoms with Crippen LogP contribution in [0.25, 0.3) is 5.57 Å². The van der Waals surface area contributed by atoms with Crippen molar-refractivity contribution in [3.8, 4) is 5.75 Å². The lowest BCUT2D eigenvalue weighted by Gasteiger charge is -2.42. The Balaban J connectivity index is 1.68. The normalized spacial score (nSPS) is 21.3.